The Hall–Kier alpha value is -1.69. The van der Waals surface area contributed by atoms with Gasteiger partial charge in [0.25, 0.3) is 0 Å². The predicted octanol–water partition coefficient (Wildman–Crippen LogP) is 3.31. The fourth-order valence-electron chi connectivity index (χ4n) is 1.67. The number of hydrogen-bond donors (Lipinski definition) is 1. The first-order valence-electron chi connectivity index (χ1n) is 6.28. The zero-order valence-electron chi connectivity index (χ0n) is 12.1. The Balaban J connectivity index is 2.98. The number of amides is 1. The van der Waals surface area contributed by atoms with Crippen LogP contribution in [0.3, 0.4) is 0 Å². The quantitative estimate of drug-likeness (QED) is 0.841. The van der Waals surface area contributed by atoms with E-state index in [0.717, 1.165) is 0 Å². The molecule has 1 N–H and O–H groups in total. The normalized spacial score (nSPS) is 11.7. The number of carboxylic acids is 1. The summed E-state index contributed by atoms with van der Waals surface area (Å²) < 4.78 is 14.3. The molecule has 1 rings (SSSR count). The maximum Gasteiger partial charge on any atom is 0.323 e. The van der Waals surface area contributed by atoms with Crippen LogP contribution in [0.1, 0.15) is 26.3 Å². The maximum atomic E-state index is 13.6. The highest BCUT2D eigenvalue weighted by Crippen LogP contribution is 2.18. The molecule has 0 unspecified atom stereocenters. The molecule has 0 heterocycles. The van der Waals surface area contributed by atoms with Crippen LogP contribution in [0.4, 0.5) is 4.39 Å². The van der Waals surface area contributed by atoms with Crippen LogP contribution < -0.4 is 0 Å². The van der Waals surface area contributed by atoms with Gasteiger partial charge in [-0.25, -0.2) is 4.39 Å². The Bertz CT molecular complexity index is 579. The summed E-state index contributed by atoms with van der Waals surface area (Å²) in [4.78, 5) is 24.2. The molecule has 0 fully saturated rings. The molecule has 0 radical (unpaired) electrons. The Morgan fingerprint density at radius 2 is 2.00 bits per heavy atom. The van der Waals surface area contributed by atoms with Gasteiger partial charge in [0.1, 0.15) is 12.4 Å². The average molecular weight is 358 g/mol. The van der Waals surface area contributed by atoms with Crippen molar-refractivity contribution in [3.63, 3.8) is 0 Å². The van der Waals surface area contributed by atoms with Crippen LogP contribution in [0, 0.1) is 5.82 Å². The second-order valence-electron chi connectivity index (χ2n) is 5.49. The third-order valence-electron chi connectivity index (χ3n) is 2.73. The Labute approximate surface area is 131 Å². The summed E-state index contributed by atoms with van der Waals surface area (Å²) in [6.45, 7) is 4.80. The molecule has 0 aliphatic carbocycles. The van der Waals surface area contributed by atoms with E-state index in [9.17, 15) is 14.0 Å². The van der Waals surface area contributed by atoms with Crippen molar-refractivity contribution < 1.29 is 19.1 Å². The third kappa shape index (κ3) is 5.30. The summed E-state index contributed by atoms with van der Waals surface area (Å²) in [5.41, 5.74) is -0.391. The largest absolute Gasteiger partial charge is 0.480 e. The first-order chi connectivity index (χ1) is 9.61. The van der Waals surface area contributed by atoms with E-state index in [-0.39, 0.29) is 5.56 Å². The maximum absolute atomic E-state index is 13.6. The molecule has 0 spiro atoms. The lowest BCUT2D eigenvalue weighted by atomic mass is 10.1. The van der Waals surface area contributed by atoms with Gasteiger partial charge in [0, 0.05) is 21.7 Å². The summed E-state index contributed by atoms with van der Waals surface area (Å²) in [6.07, 6.45) is 2.52. The molecule has 4 nitrogen and oxygen atoms in total. The fourth-order valence-corrected chi connectivity index (χ4v) is 2.05. The van der Waals surface area contributed by atoms with Gasteiger partial charge in [-0.2, -0.15) is 0 Å². The molecule has 21 heavy (non-hydrogen) atoms. The topological polar surface area (TPSA) is 57.6 Å². The zero-order valence-corrected chi connectivity index (χ0v) is 13.6. The average Bonchev–Trinajstić information content (AvgIpc) is 2.35. The molecule has 0 aliphatic heterocycles. The molecule has 0 saturated heterocycles. The van der Waals surface area contributed by atoms with Gasteiger partial charge < -0.3 is 10.0 Å². The molecule has 1 aromatic carbocycles. The second kappa shape index (κ2) is 6.85. The molecular weight excluding hydrogens is 341 g/mol. The van der Waals surface area contributed by atoms with Crippen LogP contribution in [0.15, 0.2) is 28.7 Å². The Morgan fingerprint density at radius 3 is 2.52 bits per heavy atom. The number of nitrogens with zero attached hydrogens (tertiary/aromatic N) is 1. The van der Waals surface area contributed by atoms with Crippen LogP contribution in [-0.4, -0.2) is 34.0 Å². The van der Waals surface area contributed by atoms with E-state index < -0.39 is 29.8 Å². The first-order valence-corrected chi connectivity index (χ1v) is 7.07. The van der Waals surface area contributed by atoms with Gasteiger partial charge in [-0.1, -0.05) is 15.9 Å². The van der Waals surface area contributed by atoms with Gasteiger partial charge in [-0.05, 0) is 45.0 Å². The number of carbonyl (C=O) groups excluding carboxylic acids is 1. The first kappa shape index (κ1) is 17.4. The molecular formula is C15H17BrFNO3. The third-order valence-corrected chi connectivity index (χ3v) is 3.23. The highest BCUT2D eigenvalue weighted by Gasteiger charge is 2.26. The predicted molar refractivity (Wildman–Crippen MR) is 82.2 cm³/mol. The number of halogens is 2. The molecule has 0 aromatic heterocycles. The minimum absolute atomic E-state index is 0.252. The van der Waals surface area contributed by atoms with Crippen molar-refractivity contribution in [2.75, 3.05) is 6.54 Å². The van der Waals surface area contributed by atoms with Crippen molar-refractivity contribution in [3.8, 4) is 0 Å². The molecule has 0 saturated carbocycles. The van der Waals surface area contributed by atoms with E-state index in [1.807, 2.05) is 0 Å². The van der Waals surface area contributed by atoms with Crippen LogP contribution in [0.25, 0.3) is 6.08 Å². The molecule has 6 heteroatoms. The molecule has 0 bridgehead atoms. The number of hydrogen-bond acceptors (Lipinski definition) is 2. The van der Waals surface area contributed by atoms with Crippen molar-refractivity contribution in [1.82, 2.24) is 4.90 Å². The van der Waals surface area contributed by atoms with Crippen molar-refractivity contribution >= 4 is 33.9 Å². The number of carboxylic acid groups (broad SMARTS) is 1. The standard InChI is InChI=1S/C15H17BrFNO3/c1-15(2,3)18(9-14(20)21)13(19)7-4-10-8-11(16)5-6-12(10)17/h4-8H,9H2,1-3H3,(H,20,21). The van der Waals surface area contributed by atoms with Gasteiger partial charge in [-0.3, -0.25) is 9.59 Å². The number of rotatable bonds is 4. The summed E-state index contributed by atoms with van der Waals surface area (Å²) in [5, 5.41) is 8.88. The van der Waals surface area contributed by atoms with E-state index in [1.54, 1.807) is 26.8 Å². The summed E-state index contributed by atoms with van der Waals surface area (Å²) in [7, 11) is 0. The SMILES string of the molecule is CC(C)(C)N(CC(=O)O)C(=O)C=Cc1cc(Br)ccc1F. The van der Waals surface area contributed by atoms with E-state index in [1.165, 1.54) is 29.2 Å². The van der Waals surface area contributed by atoms with Gasteiger partial charge in [-0.15, -0.1) is 0 Å². The van der Waals surface area contributed by atoms with Gasteiger partial charge in [0.2, 0.25) is 5.91 Å². The van der Waals surface area contributed by atoms with Crippen LogP contribution >= 0.6 is 15.9 Å². The van der Waals surface area contributed by atoms with E-state index in [4.69, 9.17) is 5.11 Å². The van der Waals surface area contributed by atoms with E-state index >= 15 is 0 Å². The van der Waals surface area contributed by atoms with Gasteiger partial charge in [0.05, 0.1) is 0 Å². The highest BCUT2D eigenvalue weighted by molar-refractivity contribution is 9.10. The number of carbonyl (C=O) groups is 2. The monoisotopic (exact) mass is 357 g/mol. The minimum atomic E-state index is -1.10. The van der Waals surface area contributed by atoms with Crippen molar-refractivity contribution in [1.29, 1.82) is 0 Å². The van der Waals surface area contributed by atoms with Crippen molar-refractivity contribution in [2.24, 2.45) is 0 Å². The number of benzene rings is 1. The number of aliphatic carboxylic acids is 1. The second-order valence-corrected chi connectivity index (χ2v) is 6.40. The van der Waals surface area contributed by atoms with Crippen molar-refractivity contribution in [3.05, 3.63) is 40.1 Å². The lowest BCUT2D eigenvalue weighted by Crippen LogP contribution is -2.47. The molecule has 0 aliphatic rings. The molecule has 1 amide bonds. The van der Waals surface area contributed by atoms with Gasteiger partial charge in [0.15, 0.2) is 0 Å². The fraction of sp³-hybridized carbons (Fsp3) is 0.333. The summed E-state index contributed by atoms with van der Waals surface area (Å²) in [5.74, 6) is -2.03. The lowest BCUT2D eigenvalue weighted by molar-refractivity contribution is -0.145. The zero-order chi connectivity index (χ0) is 16.2. The summed E-state index contributed by atoms with van der Waals surface area (Å²) in [6, 6.07) is 4.38. The highest BCUT2D eigenvalue weighted by atomic mass is 79.9. The summed E-state index contributed by atoms with van der Waals surface area (Å²) >= 11 is 3.22. The molecule has 0 atom stereocenters. The Kier molecular flexibility index (Phi) is 5.66. The van der Waals surface area contributed by atoms with Gasteiger partial charge >= 0.3 is 5.97 Å². The molecule has 114 valence electrons. The smallest absolute Gasteiger partial charge is 0.323 e. The van der Waals surface area contributed by atoms with E-state index in [2.05, 4.69) is 15.9 Å². The van der Waals surface area contributed by atoms with Crippen LogP contribution in [-0.2, 0) is 9.59 Å². The molecule has 1 aromatic rings. The van der Waals surface area contributed by atoms with Crippen LogP contribution in [0.5, 0.6) is 0 Å². The van der Waals surface area contributed by atoms with Crippen molar-refractivity contribution in [2.45, 2.75) is 26.3 Å². The minimum Gasteiger partial charge on any atom is -0.480 e. The van der Waals surface area contributed by atoms with Crippen LogP contribution in [0.2, 0.25) is 0 Å². The lowest BCUT2D eigenvalue weighted by Gasteiger charge is -2.33. The Morgan fingerprint density at radius 1 is 1.38 bits per heavy atom. The van der Waals surface area contributed by atoms with E-state index in [0.29, 0.717) is 4.47 Å².